The molecule has 110 valence electrons. The summed E-state index contributed by atoms with van der Waals surface area (Å²) in [4.78, 5) is 23.6. The van der Waals surface area contributed by atoms with E-state index in [2.05, 4.69) is 17.6 Å². The van der Waals surface area contributed by atoms with Crippen LogP contribution in [-0.2, 0) is 14.3 Å². The summed E-state index contributed by atoms with van der Waals surface area (Å²) in [6, 6.07) is 0.382. The van der Waals surface area contributed by atoms with Gasteiger partial charge < -0.3 is 15.4 Å². The maximum absolute atomic E-state index is 12.0. The molecule has 1 unspecified atom stereocenters. The lowest BCUT2D eigenvalue weighted by Gasteiger charge is -2.27. The summed E-state index contributed by atoms with van der Waals surface area (Å²) in [5, 5.41) is 6.18. The van der Waals surface area contributed by atoms with Gasteiger partial charge in [-0.05, 0) is 40.2 Å². The molecule has 0 aromatic rings. The molecule has 1 amide bonds. The van der Waals surface area contributed by atoms with E-state index in [0.717, 1.165) is 19.4 Å². The van der Waals surface area contributed by atoms with Crippen molar-refractivity contribution in [3.63, 3.8) is 0 Å². The van der Waals surface area contributed by atoms with Gasteiger partial charge in [-0.3, -0.25) is 9.59 Å². The summed E-state index contributed by atoms with van der Waals surface area (Å²) < 4.78 is 5.11. The van der Waals surface area contributed by atoms with E-state index in [9.17, 15) is 9.59 Å². The summed E-state index contributed by atoms with van der Waals surface area (Å²) in [5.74, 6) is -0.443. The third-order valence-electron chi connectivity index (χ3n) is 3.33. The van der Waals surface area contributed by atoms with E-state index >= 15 is 0 Å². The summed E-state index contributed by atoms with van der Waals surface area (Å²) in [5.41, 5.74) is 0. The number of esters is 1. The topological polar surface area (TPSA) is 67.4 Å². The molecule has 19 heavy (non-hydrogen) atoms. The molecule has 1 heterocycles. The van der Waals surface area contributed by atoms with Crippen LogP contribution in [0.3, 0.4) is 0 Å². The molecule has 0 radical (unpaired) electrons. The van der Waals surface area contributed by atoms with Gasteiger partial charge in [-0.2, -0.15) is 0 Å². The van der Waals surface area contributed by atoms with Gasteiger partial charge in [0.2, 0.25) is 5.91 Å². The summed E-state index contributed by atoms with van der Waals surface area (Å²) in [7, 11) is 0. The second kappa shape index (κ2) is 7.48. The fourth-order valence-corrected chi connectivity index (χ4v) is 2.20. The Balaban J connectivity index is 2.31. The summed E-state index contributed by atoms with van der Waals surface area (Å²) in [6.07, 6.45) is 1.61. The summed E-state index contributed by atoms with van der Waals surface area (Å²) >= 11 is 0. The highest BCUT2D eigenvalue weighted by molar-refractivity contribution is 5.80. The molecular weight excluding hydrogens is 244 g/mol. The normalized spacial score (nSPS) is 24.9. The highest BCUT2D eigenvalue weighted by Gasteiger charge is 2.25. The van der Waals surface area contributed by atoms with Crippen LogP contribution in [0, 0.1) is 11.8 Å². The molecule has 1 fully saturated rings. The van der Waals surface area contributed by atoms with Crippen LogP contribution in [-0.4, -0.2) is 37.1 Å². The van der Waals surface area contributed by atoms with Crippen LogP contribution in [0.15, 0.2) is 0 Å². The van der Waals surface area contributed by atoms with E-state index in [0.29, 0.717) is 12.6 Å². The van der Waals surface area contributed by atoms with Gasteiger partial charge in [0.15, 0.2) is 0 Å². The van der Waals surface area contributed by atoms with Crippen molar-refractivity contribution >= 4 is 11.9 Å². The molecule has 0 spiro atoms. The third-order valence-corrected chi connectivity index (χ3v) is 3.33. The zero-order valence-electron chi connectivity index (χ0n) is 12.4. The van der Waals surface area contributed by atoms with Crippen LogP contribution < -0.4 is 10.6 Å². The van der Waals surface area contributed by atoms with Crippen molar-refractivity contribution in [1.29, 1.82) is 0 Å². The van der Waals surface area contributed by atoms with Gasteiger partial charge in [-0.25, -0.2) is 0 Å². The number of hydrogen-bond donors (Lipinski definition) is 2. The quantitative estimate of drug-likeness (QED) is 0.734. The van der Waals surface area contributed by atoms with Crippen LogP contribution in [0.5, 0.6) is 0 Å². The molecule has 5 heteroatoms. The van der Waals surface area contributed by atoms with Crippen molar-refractivity contribution in [2.75, 3.05) is 13.1 Å². The smallest absolute Gasteiger partial charge is 0.310 e. The van der Waals surface area contributed by atoms with Crippen molar-refractivity contribution in [2.45, 2.75) is 52.7 Å². The lowest BCUT2D eigenvalue weighted by Crippen LogP contribution is -2.43. The molecule has 1 aliphatic heterocycles. The fraction of sp³-hybridized carbons (Fsp3) is 0.857. The maximum Gasteiger partial charge on any atom is 0.310 e. The SMILES string of the molecule is CC(C)OC(=O)C(C)CNC(=O)[C@H]1CCN[C@@H](C)C1. The van der Waals surface area contributed by atoms with Crippen molar-refractivity contribution < 1.29 is 14.3 Å². The van der Waals surface area contributed by atoms with Gasteiger partial charge in [0.1, 0.15) is 0 Å². The Hall–Kier alpha value is -1.10. The van der Waals surface area contributed by atoms with Gasteiger partial charge in [-0.1, -0.05) is 6.92 Å². The van der Waals surface area contributed by atoms with Gasteiger partial charge in [-0.15, -0.1) is 0 Å². The van der Waals surface area contributed by atoms with Gasteiger partial charge in [0.05, 0.1) is 12.0 Å². The van der Waals surface area contributed by atoms with E-state index in [4.69, 9.17) is 4.74 Å². The second-order valence-electron chi connectivity index (χ2n) is 5.71. The van der Waals surface area contributed by atoms with Crippen LogP contribution in [0.2, 0.25) is 0 Å². The molecule has 5 nitrogen and oxygen atoms in total. The Labute approximate surface area is 115 Å². The molecular formula is C14H26N2O3. The Morgan fingerprint density at radius 2 is 2.05 bits per heavy atom. The first-order valence-electron chi connectivity index (χ1n) is 7.11. The molecule has 1 rings (SSSR count). The standard InChI is InChI=1S/C14H26N2O3/c1-9(2)19-14(18)10(3)8-16-13(17)12-5-6-15-11(4)7-12/h9-12,15H,5-8H2,1-4H3,(H,16,17)/t10?,11-,12-/m0/s1. The minimum absolute atomic E-state index is 0.0533. The van der Waals surface area contributed by atoms with Crippen molar-refractivity contribution in [3.8, 4) is 0 Å². The van der Waals surface area contributed by atoms with Crippen LogP contribution in [0.1, 0.15) is 40.5 Å². The molecule has 2 N–H and O–H groups in total. The monoisotopic (exact) mass is 270 g/mol. The zero-order valence-corrected chi connectivity index (χ0v) is 12.4. The Morgan fingerprint density at radius 1 is 1.37 bits per heavy atom. The van der Waals surface area contributed by atoms with Crippen molar-refractivity contribution in [1.82, 2.24) is 10.6 Å². The first kappa shape index (κ1) is 16.0. The lowest BCUT2D eigenvalue weighted by molar-refractivity contribution is -0.151. The predicted octanol–water partition coefficient (Wildman–Crippen LogP) is 1.08. The van der Waals surface area contributed by atoms with Crippen LogP contribution in [0.25, 0.3) is 0 Å². The largest absolute Gasteiger partial charge is 0.463 e. The average molecular weight is 270 g/mol. The Morgan fingerprint density at radius 3 is 2.63 bits per heavy atom. The number of carbonyl (C=O) groups is 2. The van der Waals surface area contributed by atoms with Gasteiger partial charge in [0, 0.05) is 18.5 Å². The molecule has 1 saturated heterocycles. The lowest BCUT2D eigenvalue weighted by atomic mass is 9.92. The van der Waals surface area contributed by atoms with Crippen molar-refractivity contribution in [2.24, 2.45) is 11.8 Å². The number of nitrogens with one attached hydrogen (secondary N) is 2. The molecule has 0 aliphatic carbocycles. The first-order chi connectivity index (χ1) is 8.90. The number of piperidine rings is 1. The van der Waals surface area contributed by atoms with Gasteiger partial charge >= 0.3 is 5.97 Å². The zero-order chi connectivity index (χ0) is 14.4. The third kappa shape index (κ3) is 5.59. The second-order valence-corrected chi connectivity index (χ2v) is 5.71. The van der Waals surface area contributed by atoms with E-state index in [-0.39, 0.29) is 29.8 Å². The summed E-state index contributed by atoms with van der Waals surface area (Å²) in [6.45, 7) is 8.73. The van der Waals surface area contributed by atoms with E-state index < -0.39 is 0 Å². The minimum Gasteiger partial charge on any atom is -0.463 e. The van der Waals surface area contributed by atoms with E-state index in [1.165, 1.54) is 0 Å². The molecule has 0 aromatic carbocycles. The van der Waals surface area contributed by atoms with E-state index in [1.807, 2.05) is 13.8 Å². The Bertz CT molecular complexity index is 318. The number of hydrogen-bond acceptors (Lipinski definition) is 4. The van der Waals surface area contributed by atoms with Crippen molar-refractivity contribution in [3.05, 3.63) is 0 Å². The molecule has 0 saturated carbocycles. The predicted molar refractivity (Wildman–Crippen MR) is 73.6 cm³/mol. The minimum atomic E-state index is -0.300. The number of amides is 1. The fourth-order valence-electron chi connectivity index (χ4n) is 2.20. The highest BCUT2D eigenvalue weighted by Crippen LogP contribution is 2.16. The molecule has 0 bridgehead atoms. The molecule has 1 aliphatic rings. The first-order valence-corrected chi connectivity index (χ1v) is 7.11. The Kier molecular flexibility index (Phi) is 6.28. The number of ether oxygens (including phenoxy) is 1. The molecule has 3 atom stereocenters. The van der Waals surface area contributed by atoms with E-state index in [1.54, 1.807) is 6.92 Å². The van der Waals surface area contributed by atoms with Crippen LogP contribution in [0.4, 0.5) is 0 Å². The highest BCUT2D eigenvalue weighted by atomic mass is 16.5. The average Bonchev–Trinajstić information content (AvgIpc) is 2.34. The number of rotatable bonds is 5. The number of carbonyl (C=O) groups excluding carboxylic acids is 2. The molecule has 0 aromatic heterocycles. The maximum atomic E-state index is 12.0. The van der Waals surface area contributed by atoms with Gasteiger partial charge in [0.25, 0.3) is 0 Å². The van der Waals surface area contributed by atoms with Crippen LogP contribution >= 0.6 is 0 Å².